The minimum absolute atomic E-state index is 0.00132. The zero-order chi connectivity index (χ0) is 15.6. The topological polar surface area (TPSA) is 103 Å². The number of hydrogen-bond donors (Lipinski definition) is 4. The van der Waals surface area contributed by atoms with Gasteiger partial charge < -0.3 is 26.9 Å². The van der Waals surface area contributed by atoms with Gasteiger partial charge in [-0.15, -0.1) is 0 Å². The Morgan fingerprint density at radius 1 is 1.43 bits per heavy atom. The number of H-pyrrole nitrogens is 1. The van der Waals surface area contributed by atoms with Crippen LogP contribution < -0.4 is 21.9 Å². The van der Waals surface area contributed by atoms with Crippen LogP contribution in [0.15, 0.2) is 46.5 Å². The summed E-state index contributed by atoms with van der Waals surface area (Å²) in [6, 6.07) is 3.11. The molecule has 2 rings (SSSR count). The molecule has 0 aliphatic carbocycles. The van der Waals surface area contributed by atoms with Crippen LogP contribution in [0.4, 0.5) is 4.39 Å². The minimum atomic E-state index is -0.557. The number of aromatic amines is 1. The monoisotopic (exact) mass is 370 g/mol. The summed E-state index contributed by atoms with van der Waals surface area (Å²) >= 11 is 8.04. The molecule has 0 radical (unpaired) electrons. The number of halogens is 2. The van der Waals surface area contributed by atoms with Crippen LogP contribution in [-0.4, -0.2) is 9.97 Å². The third-order valence-electron chi connectivity index (χ3n) is 2.67. The molecule has 0 amide bonds. The zero-order valence-electron chi connectivity index (χ0n) is 10.7. The summed E-state index contributed by atoms with van der Waals surface area (Å²) in [7, 11) is 0. The Kier molecular flexibility index (Phi) is 4.49. The van der Waals surface area contributed by atoms with Crippen molar-refractivity contribution in [3.8, 4) is 5.75 Å². The van der Waals surface area contributed by atoms with E-state index in [2.05, 4.69) is 20.9 Å². The number of benzene rings is 1. The third kappa shape index (κ3) is 3.17. The lowest BCUT2D eigenvalue weighted by Crippen LogP contribution is -2.18. The van der Waals surface area contributed by atoms with E-state index in [0.717, 1.165) is 11.6 Å². The fraction of sp³-hybridized carbons (Fsp3) is 0. The molecule has 1 aromatic heterocycles. The Morgan fingerprint density at radius 3 is 2.76 bits per heavy atom. The van der Waals surface area contributed by atoms with Crippen molar-refractivity contribution in [2.24, 2.45) is 17.2 Å². The van der Waals surface area contributed by atoms with Crippen LogP contribution in [-0.2, 0) is 0 Å². The van der Waals surface area contributed by atoms with Gasteiger partial charge in [-0.1, -0.05) is 12.2 Å². The van der Waals surface area contributed by atoms with E-state index in [9.17, 15) is 4.39 Å². The highest BCUT2D eigenvalue weighted by Crippen LogP contribution is 2.36. The maximum atomic E-state index is 14.1. The fourth-order valence-corrected chi connectivity index (χ4v) is 2.33. The van der Waals surface area contributed by atoms with Crippen LogP contribution in [0.2, 0.25) is 0 Å². The van der Waals surface area contributed by atoms with E-state index in [-0.39, 0.29) is 22.2 Å². The summed E-state index contributed by atoms with van der Waals surface area (Å²) in [6.07, 6.45) is 4.16. The molecule has 21 heavy (non-hydrogen) atoms. The first-order chi connectivity index (χ1) is 9.93. The molecule has 110 valence electrons. The smallest absolute Gasteiger partial charge is 0.178 e. The highest BCUT2D eigenvalue weighted by atomic mass is 79.9. The van der Waals surface area contributed by atoms with Crippen molar-refractivity contribution in [3.05, 3.63) is 52.4 Å². The molecule has 0 spiro atoms. The van der Waals surface area contributed by atoms with Gasteiger partial charge in [0.05, 0.1) is 10.2 Å². The van der Waals surface area contributed by atoms with E-state index in [4.69, 9.17) is 34.2 Å². The largest absolute Gasteiger partial charge is 0.451 e. The molecule has 0 saturated heterocycles. The van der Waals surface area contributed by atoms with Crippen molar-refractivity contribution < 1.29 is 9.13 Å². The molecule has 1 heterocycles. The predicted octanol–water partition coefficient (Wildman–Crippen LogP) is 2.38. The Labute approximate surface area is 133 Å². The summed E-state index contributed by atoms with van der Waals surface area (Å²) < 4.78 is 20.0. The molecule has 0 aliphatic heterocycles. The van der Waals surface area contributed by atoms with Gasteiger partial charge in [0.2, 0.25) is 0 Å². The van der Waals surface area contributed by atoms with E-state index in [1.54, 1.807) is 12.3 Å². The molecule has 5 nitrogen and oxygen atoms in total. The van der Waals surface area contributed by atoms with E-state index in [1.165, 1.54) is 12.1 Å². The van der Waals surface area contributed by atoms with E-state index >= 15 is 0 Å². The van der Waals surface area contributed by atoms with Gasteiger partial charge in [0.25, 0.3) is 0 Å². The average Bonchev–Trinajstić information content (AvgIpc) is 2.89. The van der Waals surface area contributed by atoms with Crippen molar-refractivity contribution in [2.45, 2.75) is 0 Å². The number of thiocarbonyl (C=S) groups is 1. The molecule has 2 aromatic rings. The summed E-state index contributed by atoms with van der Waals surface area (Å²) in [6.45, 7) is 0. The maximum absolute atomic E-state index is 14.1. The van der Waals surface area contributed by atoms with Crippen LogP contribution in [0.3, 0.4) is 0 Å². The van der Waals surface area contributed by atoms with Gasteiger partial charge in [0.1, 0.15) is 10.7 Å². The van der Waals surface area contributed by atoms with Crippen LogP contribution in [0, 0.1) is 5.82 Å². The van der Waals surface area contributed by atoms with Crippen LogP contribution in [0.25, 0.3) is 10.9 Å². The second-order valence-electron chi connectivity index (χ2n) is 4.08. The molecule has 7 N–H and O–H groups in total. The number of fused-ring (bicyclic) bond motifs is 1. The second kappa shape index (κ2) is 6.15. The molecule has 0 unspecified atom stereocenters. The predicted molar refractivity (Wildman–Crippen MR) is 87.9 cm³/mol. The number of ether oxygens (including phenoxy) is 1. The molecule has 0 saturated carbocycles. The highest BCUT2D eigenvalue weighted by Gasteiger charge is 2.15. The quantitative estimate of drug-likeness (QED) is 0.286. The molecule has 0 bridgehead atoms. The van der Waals surface area contributed by atoms with Gasteiger partial charge in [-0.05, 0) is 22.0 Å². The minimum Gasteiger partial charge on any atom is -0.451 e. The van der Waals surface area contributed by atoms with Gasteiger partial charge in [-0.3, -0.25) is 0 Å². The van der Waals surface area contributed by atoms with Crippen LogP contribution in [0.1, 0.15) is 0 Å². The van der Waals surface area contributed by atoms with Gasteiger partial charge in [0, 0.05) is 35.4 Å². The van der Waals surface area contributed by atoms with Crippen molar-refractivity contribution in [1.29, 1.82) is 0 Å². The molecule has 8 heteroatoms. The Morgan fingerprint density at radius 2 is 2.14 bits per heavy atom. The molecular weight excluding hydrogens is 359 g/mol. The molecule has 0 atom stereocenters. The zero-order valence-corrected chi connectivity index (χ0v) is 13.1. The third-order valence-corrected chi connectivity index (χ3v) is 3.69. The van der Waals surface area contributed by atoms with Crippen molar-refractivity contribution >= 4 is 44.0 Å². The summed E-state index contributed by atoms with van der Waals surface area (Å²) in [5.74, 6) is -0.445. The van der Waals surface area contributed by atoms with E-state index in [1.807, 2.05) is 0 Å². The molecule has 0 fully saturated rings. The number of allylic oxidation sites excluding steroid dienone is 1. The van der Waals surface area contributed by atoms with Crippen LogP contribution >= 0.6 is 28.1 Å². The van der Waals surface area contributed by atoms with Crippen molar-refractivity contribution in [1.82, 2.24) is 4.98 Å². The Hall–Kier alpha value is -2.06. The number of nitrogens with one attached hydrogen (secondary N) is 1. The second-order valence-corrected chi connectivity index (χ2v) is 5.31. The van der Waals surface area contributed by atoms with Crippen molar-refractivity contribution in [3.63, 3.8) is 0 Å². The lowest BCUT2D eigenvalue weighted by atomic mass is 10.2. The van der Waals surface area contributed by atoms with Gasteiger partial charge in [-0.25, -0.2) is 4.39 Å². The fourth-order valence-electron chi connectivity index (χ4n) is 1.66. The van der Waals surface area contributed by atoms with Crippen LogP contribution in [0.5, 0.6) is 5.75 Å². The number of aromatic nitrogens is 1. The van der Waals surface area contributed by atoms with Crippen molar-refractivity contribution in [2.75, 3.05) is 0 Å². The standard InChI is InChI=1S/C13H12BrFN4OS/c14-11-7-1-2-19-10(7)4-8(15)12(11)20-6(5-16)3-9(17)13(18)21/h1-5,19H,16-17H2,(H2,18,21)/b6-5+,9-3-. The molecular formula is C13H12BrFN4OS. The summed E-state index contributed by atoms with van der Waals surface area (Å²) in [5.41, 5.74) is 17.2. The first kappa shape index (κ1) is 15.3. The lowest BCUT2D eigenvalue weighted by molar-refractivity contribution is 0.408. The van der Waals surface area contributed by atoms with Gasteiger partial charge in [0.15, 0.2) is 11.6 Å². The Bertz CT molecular complexity index is 769. The van der Waals surface area contributed by atoms with Gasteiger partial charge in [-0.2, -0.15) is 0 Å². The number of rotatable bonds is 4. The summed E-state index contributed by atoms with van der Waals surface area (Å²) in [4.78, 5) is 2.91. The van der Waals surface area contributed by atoms with E-state index in [0.29, 0.717) is 9.99 Å². The Balaban J connectivity index is 2.43. The number of hydrogen-bond acceptors (Lipinski definition) is 4. The average molecular weight is 371 g/mol. The molecule has 1 aromatic carbocycles. The highest BCUT2D eigenvalue weighted by molar-refractivity contribution is 9.10. The SMILES string of the molecule is N/C=C(\C=C(/N)C(N)=S)Oc1c(F)cc2[nH]ccc2c1Br. The first-order valence-electron chi connectivity index (χ1n) is 5.76. The summed E-state index contributed by atoms with van der Waals surface area (Å²) in [5, 5.41) is 0.772. The first-order valence-corrected chi connectivity index (χ1v) is 6.96. The number of nitrogens with two attached hydrogens (primary N) is 3. The lowest BCUT2D eigenvalue weighted by Gasteiger charge is -2.11. The van der Waals surface area contributed by atoms with E-state index < -0.39 is 5.82 Å². The normalized spacial score (nSPS) is 12.7. The molecule has 0 aliphatic rings. The maximum Gasteiger partial charge on any atom is 0.178 e. The van der Waals surface area contributed by atoms with Gasteiger partial charge >= 0.3 is 0 Å².